The molecule has 64 valence electrons. The molecule has 0 amide bonds. The molecule has 0 aromatic carbocycles. The Morgan fingerprint density at radius 1 is 1.27 bits per heavy atom. The summed E-state index contributed by atoms with van der Waals surface area (Å²) >= 11 is 0. The van der Waals surface area contributed by atoms with E-state index in [1.165, 1.54) is 0 Å². The Balaban J connectivity index is 2.74. The van der Waals surface area contributed by atoms with Gasteiger partial charge in [0.2, 0.25) is 0 Å². The number of rotatable bonds is 0. The van der Waals surface area contributed by atoms with Crippen molar-refractivity contribution in [3.05, 3.63) is 0 Å². The number of hydrogen-bond acceptors (Lipinski definition) is 3. The zero-order chi connectivity index (χ0) is 8.65. The molecule has 1 atom stereocenters. The van der Waals surface area contributed by atoms with Crippen LogP contribution in [0.5, 0.6) is 0 Å². The molecule has 0 aromatic heterocycles. The zero-order valence-electron chi connectivity index (χ0n) is 8.00. The second-order valence-electron chi connectivity index (χ2n) is 4.21. The molecule has 0 bridgehead atoms. The largest absolute Gasteiger partial charge is 0.342 e. The zero-order valence-corrected chi connectivity index (χ0v) is 8.00. The summed E-state index contributed by atoms with van der Waals surface area (Å²) in [4.78, 5) is 2.14. The maximum absolute atomic E-state index is 4.20. The van der Waals surface area contributed by atoms with Gasteiger partial charge in [0.05, 0.1) is 0 Å². The van der Waals surface area contributed by atoms with E-state index in [2.05, 4.69) is 37.8 Å². The minimum absolute atomic E-state index is 0.250. The molecule has 3 heteroatoms. The van der Waals surface area contributed by atoms with E-state index in [0.717, 1.165) is 0 Å². The van der Waals surface area contributed by atoms with Crippen LogP contribution in [0.2, 0.25) is 0 Å². The monoisotopic (exact) mass is 155 g/mol. The molecule has 1 aliphatic rings. The Kier molecular flexibility index (Phi) is 1.82. The van der Waals surface area contributed by atoms with Crippen molar-refractivity contribution in [3.8, 4) is 0 Å². The Hall–Kier alpha value is -0.730. The van der Waals surface area contributed by atoms with Crippen LogP contribution in [-0.2, 0) is 0 Å². The first-order valence-corrected chi connectivity index (χ1v) is 3.92. The predicted molar refractivity (Wildman–Crippen MR) is 47.3 cm³/mol. The van der Waals surface area contributed by atoms with Gasteiger partial charge in [0.1, 0.15) is 12.5 Å². The van der Waals surface area contributed by atoms with Crippen molar-refractivity contribution in [3.63, 3.8) is 0 Å². The highest BCUT2D eigenvalue weighted by atomic mass is 15.6. The van der Waals surface area contributed by atoms with Gasteiger partial charge in [-0.1, -0.05) is 20.8 Å². The van der Waals surface area contributed by atoms with Crippen LogP contribution in [-0.4, -0.2) is 36.5 Å². The van der Waals surface area contributed by atoms with E-state index < -0.39 is 0 Å². The van der Waals surface area contributed by atoms with E-state index in [-0.39, 0.29) is 5.41 Å². The van der Waals surface area contributed by atoms with Crippen LogP contribution in [0, 0.1) is 5.41 Å². The van der Waals surface area contributed by atoms with E-state index >= 15 is 0 Å². The topological polar surface area (TPSA) is 18.8 Å². The van der Waals surface area contributed by atoms with Crippen molar-refractivity contribution >= 4 is 6.34 Å². The Labute approximate surface area is 68.7 Å². The maximum Gasteiger partial charge on any atom is 0.123 e. The van der Waals surface area contributed by atoms with Gasteiger partial charge in [-0.25, -0.2) is 0 Å². The van der Waals surface area contributed by atoms with Crippen LogP contribution in [0.4, 0.5) is 0 Å². The van der Waals surface area contributed by atoms with Crippen LogP contribution in [0.15, 0.2) is 5.10 Å². The van der Waals surface area contributed by atoms with E-state index in [1.807, 2.05) is 18.4 Å². The molecule has 0 aromatic rings. The van der Waals surface area contributed by atoms with Crippen molar-refractivity contribution in [1.29, 1.82) is 0 Å². The summed E-state index contributed by atoms with van der Waals surface area (Å²) in [5, 5.41) is 6.20. The summed E-state index contributed by atoms with van der Waals surface area (Å²) in [6, 6.07) is 0. The third-order valence-electron chi connectivity index (χ3n) is 1.93. The minimum Gasteiger partial charge on any atom is -0.342 e. The summed E-state index contributed by atoms with van der Waals surface area (Å²) in [5.41, 5.74) is 0.250. The molecule has 0 saturated carbocycles. The Morgan fingerprint density at radius 2 is 1.82 bits per heavy atom. The third-order valence-corrected chi connectivity index (χ3v) is 1.93. The van der Waals surface area contributed by atoms with E-state index in [1.54, 1.807) is 0 Å². The van der Waals surface area contributed by atoms with Crippen molar-refractivity contribution in [2.75, 3.05) is 14.1 Å². The molecule has 0 radical (unpaired) electrons. The molecule has 0 N–H and O–H groups in total. The first-order chi connectivity index (χ1) is 4.93. The summed E-state index contributed by atoms with van der Waals surface area (Å²) in [6.45, 7) is 6.66. The van der Waals surface area contributed by atoms with Crippen LogP contribution < -0.4 is 0 Å². The average molecular weight is 155 g/mol. The van der Waals surface area contributed by atoms with Gasteiger partial charge < -0.3 is 4.90 Å². The van der Waals surface area contributed by atoms with Crippen molar-refractivity contribution in [1.82, 2.24) is 9.91 Å². The second kappa shape index (κ2) is 2.40. The first kappa shape index (κ1) is 8.37. The Morgan fingerprint density at radius 3 is 2.00 bits per heavy atom. The number of hydrogen-bond donors (Lipinski definition) is 0. The molecule has 3 nitrogen and oxygen atoms in total. The van der Waals surface area contributed by atoms with E-state index in [0.29, 0.717) is 6.17 Å². The quantitative estimate of drug-likeness (QED) is 0.523. The van der Waals surface area contributed by atoms with Crippen LogP contribution in [0.3, 0.4) is 0 Å². The van der Waals surface area contributed by atoms with Gasteiger partial charge in [-0.3, -0.25) is 5.01 Å². The molecule has 11 heavy (non-hydrogen) atoms. The smallest absolute Gasteiger partial charge is 0.123 e. The summed E-state index contributed by atoms with van der Waals surface area (Å²) in [5.74, 6) is 0. The molecular formula is C8H17N3. The number of nitrogens with zero attached hydrogens (tertiary/aromatic N) is 3. The molecule has 0 aliphatic carbocycles. The predicted octanol–water partition coefficient (Wildman–Crippen LogP) is 1.18. The van der Waals surface area contributed by atoms with Gasteiger partial charge in [0.15, 0.2) is 0 Å². The van der Waals surface area contributed by atoms with Crippen molar-refractivity contribution < 1.29 is 0 Å². The Bertz CT molecular complexity index is 157. The molecule has 0 saturated heterocycles. The lowest BCUT2D eigenvalue weighted by Gasteiger charge is -2.36. The second-order valence-corrected chi connectivity index (χ2v) is 4.21. The highest BCUT2D eigenvalue weighted by Crippen LogP contribution is 2.27. The summed E-state index contributed by atoms with van der Waals surface area (Å²) < 4.78 is 0. The normalized spacial score (nSPS) is 25.0. The highest BCUT2D eigenvalue weighted by Gasteiger charge is 2.33. The fraction of sp³-hybridized carbons (Fsp3) is 0.875. The van der Waals surface area contributed by atoms with Crippen molar-refractivity contribution in [2.45, 2.75) is 26.9 Å². The summed E-state index contributed by atoms with van der Waals surface area (Å²) in [6.07, 6.45) is 2.26. The van der Waals surface area contributed by atoms with Gasteiger partial charge in [-0.2, -0.15) is 5.10 Å². The van der Waals surface area contributed by atoms with Gasteiger partial charge in [-0.05, 0) is 0 Å². The lowest BCUT2D eigenvalue weighted by Crippen LogP contribution is -2.45. The molecule has 0 spiro atoms. The molecule has 1 aliphatic heterocycles. The van der Waals surface area contributed by atoms with Crippen LogP contribution in [0.25, 0.3) is 0 Å². The highest BCUT2D eigenvalue weighted by molar-refractivity contribution is 5.56. The van der Waals surface area contributed by atoms with Gasteiger partial charge in [0.25, 0.3) is 0 Å². The van der Waals surface area contributed by atoms with Crippen LogP contribution in [0.1, 0.15) is 20.8 Å². The van der Waals surface area contributed by atoms with Gasteiger partial charge in [-0.15, -0.1) is 0 Å². The van der Waals surface area contributed by atoms with E-state index in [4.69, 9.17) is 0 Å². The molecule has 0 fully saturated rings. The first-order valence-electron chi connectivity index (χ1n) is 3.92. The molecular weight excluding hydrogens is 138 g/mol. The minimum atomic E-state index is 0.250. The summed E-state index contributed by atoms with van der Waals surface area (Å²) in [7, 11) is 4.07. The SMILES string of the molecule is CN1C=NN(C)C1C(C)(C)C. The lowest BCUT2D eigenvalue weighted by atomic mass is 9.91. The van der Waals surface area contributed by atoms with Gasteiger partial charge >= 0.3 is 0 Å². The maximum atomic E-state index is 4.20. The van der Waals surface area contributed by atoms with Crippen molar-refractivity contribution in [2.24, 2.45) is 10.5 Å². The third kappa shape index (κ3) is 1.47. The van der Waals surface area contributed by atoms with E-state index in [9.17, 15) is 0 Å². The standard InChI is InChI=1S/C8H17N3/c1-8(2,3)7-10(4)6-9-11(7)5/h6-7H,1-5H3. The molecule has 1 rings (SSSR count). The fourth-order valence-corrected chi connectivity index (χ4v) is 1.72. The van der Waals surface area contributed by atoms with Gasteiger partial charge in [0, 0.05) is 19.5 Å². The lowest BCUT2D eigenvalue weighted by molar-refractivity contribution is 0.0686. The molecule has 1 heterocycles. The van der Waals surface area contributed by atoms with Crippen LogP contribution >= 0.6 is 0 Å². The average Bonchev–Trinajstić information content (AvgIpc) is 2.08. The number of hydrazone groups is 1. The fourth-order valence-electron chi connectivity index (χ4n) is 1.72. The molecule has 1 unspecified atom stereocenters.